The van der Waals surface area contributed by atoms with Crippen molar-refractivity contribution >= 4 is 44.6 Å². The summed E-state index contributed by atoms with van der Waals surface area (Å²) in [5.41, 5.74) is 3.58. The average molecular weight is 412 g/mol. The van der Waals surface area contributed by atoms with Gasteiger partial charge in [0.15, 0.2) is 12.4 Å². The number of hydrazone groups is 1. The predicted molar refractivity (Wildman–Crippen MR) is 95.7 cm³/mol. The Morgan fingerprint density at radius 3 is 2.79 bits per heavy atom. The quantitative estimate of drug-likeness (QED) is 0.445. The van der Waals surface area contributed by atoms with Crippen LogP contribution in [0.1, 0.15) is 17.4 Å². The van der Waals surface area contributed by atoms with E-state index in [0.717, 1.165) is 14.2 Å². The van der Waals surface area contributed by atoms with Crippen molar-refractivity contribution in [2.24, 2.45) is 5.10 Å². The van der Waals surface area contributed by atoms with Crippen LogP contribution in [-0.4, -0.2) is 23.1 Å². The summed E-state index contributed by atoms with van der Waals surface area (Å²) in [4.78, 5) is 23.1. The molecule has 0 saturated carbocycles. The molecule has 126 valence electrons. The van der Waals surface area contributed by atoms with Crippen molar-refractivity contribution in [1.82, 2.24) is 5.43 Å². The van der Waals surface area contributed by atoms with Gasteiger partial charge in [-0.15, -0.1) is 11.3 Å². The first-order valence-electron chi connectivity index (χ1n) is 6.83. The molecule has 24 heavy (non-hydrogen) atoms. The first-order valence-corrected chi connectivity index (χ1v) is 8.44. The fourth-order valence-corrected chi connectivity index (χ4v) is 3.11. The zero-order chi connectivity index (χ0) is 17.7. The molecule has 9 heteroatoms. The van der Waals surface area contributed by atoms with Gasteiger partial charge in [-0.05, 0) is 53.5 Å². The number of amides is 1. The first-order chi connectivity index (χ1) is 11.4. The Balaban J connectivity index is 1.95. The SMILES string of the molecule is CC(=NNC(=O)COc1ccc(C)cc1[N+](=O)[O-])c1ccc(Br)s1. The second-order valence-electron chi connectivity index (χ2n) is 4.85. The summed E-state index contributed by atoms with van der Waals surface area (Å²) in [5.74, 6) is -0.455. The van der Waals surface area contributed by atoms with Gasteiger partial charge in [-0.2, -0.15) is 5.10 Å². The Kier molecular flexibility index (Phi) is 6.04. The number of nitrogens with one attached hydrogen (secondary N) is 1. The molecular weight excluding hydrogens is 398 g/mol. The summed E-state index contributed by atoms with van der Waals surface area (Å²) in [5, 5.41) is 15.0. The second-order valence-corrected chi connectivity index (χ2v) is 7.32. The van der Waals surface area contributed by atoms with Gasteiger partial charge in [-0.3, -0.25) is 14.9 Å². The highest BCUT2D eigenvalue weighted by atomic mass is 79.9. The van der Waals surface area contributed by atoms with Crippen LogP contribution in [0.15, 0.2) is 39.2 Å². The standard InChI is InChI=1S/C15H14BrN3O4S/c1-9-3-4-12(11(7-9)19(21)22)23-8-15(20)18-17-10(2)13-5-6-14(16)24-13/h3-7H,8H2,1-2H3,(H,18,20). The number of nitro benzene ring substituents is 1. The van der Waals surface area contributed by atoms with Crippen LogP contribution in [0.4, 0.5) is 5.69 Å². The smallest absolute Gasteiger partial charge is 0.311 e. The number of hydrogen-bond acceptors (Lipinski definition) is 6. The molecule has 0 atom stereocenters. The van der Waals surface area contributed by atoms with Gasteiger partial charge in [0.1, 0.15) is 0 Å². The van der Waals surface area contributed by atoms with Crippen molar-refractivity contribution in [3.63, 3.8) is 0 Å². The molecule has 1 aromatic heterocycles. The summed E-state index contributed by atoms with van der Waals surface area (Å²) in [6.07, 6.45) is 0. The number of halogens is 1. The van der Waals surface area contributed by atoms with Crippen molar-refractivity contribution in [2.45, 2.75) is 13.8 Å². The van der Waals surface area contributed by atoms with E-state index in [1.807, 2.05) is 12.1 Å². The van der Waals surface area contributed by atoms with Crippen LogP contribution in [0, 0.1) is 17.0 Å². The Labute approximate surface area is 150 Å². The van der Waals surface area contributed by atoms with Crippen molar-refractivity contribution in [3.05, 3.63) is 54.7 Å². The molecule has 0 aliphatic carbocycles. The number of hydrogen-bond donors (Lipinski definition) is 1. The summed E-state index contributed by atoms with van der Waals surface area (Å²) < 4.78 is 6.20. The molecular formula is C15H14BrN3O4S. The van der Waals surface area contributed by atoms with E-state index in [9.17, 15) is 14.9 Å². The third kappa shape index (κ3) is 4.87. The lowest BCUT2D eigenvalue weighted by Gasteiger charge is -2.06. The maximum atomic E-state index is 11.8. The molecule has 1 heterocycles. The fraction of sp³-hybridized carbons (Fsp3) is 0.200. The molecule has 0 aliphatic rings. The third-order valence-corrected chi connectivity index (χ3v) is 4.68. The summed E-state index contributed by atoms with van der Waals surface area (Å²) in [6.45, 7) is 3.14. The molecule has 1 N–H and O–H groups in total. The topological polar surface area (TPSA) is 93.8 Å². The highest BCUT2D eigenvalue weighted by Gasteiger charge is 2.16. The number of rotatable bonds is 6. The lowest BCUT2D eigenvalue weighted by molar-refractivity contribution is -0.385. The molecule has 0 spiro atoms. The molecule has 1 aromatic carbocycles. The van der Waals surface area contributed by atoms with Crippen LogP contribution in [0.3, 0.4) is 0 Å². The molecule has 0 aliphatic heterocycles. The average Bonchev–Trinajstić information content (AvgIpc) is 2.97. The number of aryl methyl sites for hydroxylation is 1. The molecule has 1 amide bonds. The van der Waals surface area contributed by atoms with Crippen LogP contribution in [-0.2, 0) is 4.79 Å². The van der Waals surface area contributed by atoms with Gasteiger partial charge in [0.25, 0.3) is 5.91 Å². The van der Waals surface area contributed by atoms with Crippen molar-refractivity contribution < 1.29 is 14.5 Å². The van der Waals surface area contributed by atoms with E-state index < -0.39 is 10.8 Å². The highest BCUT2D eigenvalue weighted by molar-refractivity contribution is 9.11. The van der Waals surface area contributed by atoms with Crippen molar-refractivity contribution in [1.29, 1.82) is 0 Å². The monoisotopic (exact) mass is 411 g/mol. The van der Waals surface area contributed by atoms with Crippen molar-refractivity contribution in [3.8, 4) is 5.75 Å². The zero-order valence-corrected chi connectivity index (χ0v) is 15.3. The number of carbonyl (C=O) groups is 1. The van der Waals surface area contributed by atoms with Gasteiger partial charge < -0.3 is 4.74 Å². The Morgan fingerprint density at radius 2 is 2.17 bits per heavy atom. The molecule has 2 rings (SSSR count). The van der Waals surface area contributed by atoms with Crippen molar-refractivity contribution in [2.75, 3.05) is 6.61 Å². The van der Waals surface area contributed by atoms with Gasteiger partial charge in [-0.25, -0.2) is 5.43 Å². The molecule has 0 saturated heterocycles. The van der Waals surface area contributed by atoms with Gasteiger partial charge in [0.05, 0.1) is 19.3 Å². The number of nitro groups is 1. The molecule has 2 aromatic rings. The maximum Gasteiger partial charge on any atom is 0.311 e. The number of ether oxygens (including phenoxy) is 1. The van der Waals surface area contributed by atoms with Crippen LogP contribution in [0.5, 0.6) is 5.75 Å². The Bertz CT molecular complexity index is 804. The van der Waals surface area contributed by atoms with E-state index in [0.29, 0.717) is 5.71 Å². The zero-order valence-electron chi connectivity index (χ0n) is 12.9. The van der Waals surface area contributed by atoms with E-state index in [1.54, 1.807) is 19.9 Å². The number of benzene rings is 1. The fourth-order valence-electron chi connectivity index (χ4n) is 1.78. The lowest BCUT2D eigenvalue weighted by atomic mass is 10.2. The minimum atomic E-state index is -0.544. The molecule has 0 radical (unpaired) electrons. The van der Waals surface area contributed by atoms with E-state index in [2.05, 4.69) is 26.5 Å². The summed E-state index contributed by atoms with van der Waals surface area (Å²) in [7, 11) is 0. The maximum absolute atomic E-state index is 11.8. The Hall–Kier alpha value is -2.26. The van der Waals surface area contributed by atoms with Gasteiger partial charge in [0, 0.05) is 6.07 Å². The van der Waals surface area contributed by atoms with Crippen LogP contribution in [0.2, 0.25) is 0 Å². The first kappa shape index (κ1) is 18.1. The lowest BCUT2D eigenvalue weighted by Crippen LogP contribution is -2.25. The van der Waals surface area contributed by atoms with E-state index in [-0.39, 0.29) is 18.0 Å². The van der Waals surface area contributed by atoms with Crippen LogP contribution < -0.4 is 10.2 Å². The molecule has 0 fully saturated rings. The van der Waals surface area contributed by atoms with E-state index in [4.69, 9.17) is 4.74 Å². The van der Waals surface area contributed by atoms with E-state index in [1.165, 1.54) is 23.5 Å². The number of nitrogens with zero attached hydrogens (tertiary/aromatic N) is 2. The minimum Gasteiger partial charge on any atom is -0.477 e. The summed E-state index contributed by atoms with van der Waals surface area (Å²) >= 11 is 4.85. The highest BCUT2D eigenvalue weighted by Crippen LogP contribution is 2.27. The number of carbonyl (C=O) groups excluding carboxylic acids is 1. The second kappa shape index (κ2) is 8.02. The molecule has 0 unspecified atom stereocenters. The largest absolute Gasteiger partial charge is 0.477 e. The Morgan fingerprint density at radius 1 is 1.42 bits per heavy atom. The normalized spacial score (nSPS) is 11.2. The minimum absolute atomic E-state index is 0.0450. The predicted octanol–water partition coefficient (Wildman–Crippen LogP) is 3.65. The number of thiophene rings is 1. The third-order valence-electron chi connectivity index (χ3n) is 2.95. The molecule has 7 nitrogen and oxygen atoms in total. The van der Waals surface area contributed by atoms with Crippen LogP contribution >= 0.6 is 27.3 Å². The molecule has 0 bridgehead atoms. The van der Waals surface area contributed by atoms with Gasteiger partial charge in [0.2, 0.25) is 0 Å². The van der Waals surface area contributed by atoms with Gasteiger partial charge >= 0.3 is 5.69 Å². The van der Waals surface area contributed by atoms with Gasteiger partial charge in [-0.1, -0.05) is 6.07 Å². The van der Waals surface area contributed by atoms with E-state index >= 15 is 0 Å². The summed E-state index contributed by atoms with van der Waals surface area (Å²) in [6, 6.07) is 8.31. The van der Waals surface area contributed by atoms with Crippen LogP contribution in [0.25, 0.3) is 0 Å².